The quantitative estimate of drug-likeness (QED) is 0.0901. The maximum absolute atomic E-state index is 8.85. The summed E-state index contributed by atoms with van der Waals surface area (Å²) in [6.07, 6.45) is 1.51. The molecule has 0 fully saturated rings. The standard InChI is InChI=1S/C31H29N2O.C30H27N2O.C29H25N2O.C28H23N2O/c1-20-12-13-24-26-18-23(32-5)17-25(22-10-8-7-9-11-22)29(26)34-30(24)28(20)27-16-21(14-15-33(27)6)19-31(2,3)4;1-19(2)15-21-13-14-32(5)27(16-21)28-20(3)11-12-24-26-18-23(31-4)17-25(29(26)33-30(24)28)22-9-7-6-8-10-22;1-18(2)21-13-14-31(5)26(15-21)27-19(3)11-12-23-25-17-22(30-4)16-24(28(25)32-29(23)27)20-9-7-6-8-10-20;1-17-12-14-25(30(5)19(17)3)26-18(2)11-13-22-24-16-21(29-4)15-23(27(24)31-28(22)26)20-9-7-6-8-10-20/h7-18H,19H2,1-4,6H3;6-14,16-19H,15H2,1-3,5H3;6-18H,1-3,5H3;6-16H,1-3,5H3/q4*+1/i14D,19D2;13D,15D2;1D3,13D,18D;1D3,12D,14D. The number of fused-ring (bicyclic) bond motifs is 12. The van der Waals surface area contributed by atoms with E-state index in [4.69, 9.17) is 65.9 Å². The summed E-state index contributed by atoms with van der Waals surface area (Å²) in [5.41, 5.74) is 24.3. The van der Waals surface area contributed by atoms with Gasteiger partial charge in [-0.2, -0.15) is 4.57 Å². The fraction of sp³-hybridized carbons (Fsp3) is 0.186. The number of pyridine rings is 4. The highest BCUT2D eigenvalue weighted by Gasteiger charge is 2.30. The first kappa shape index (κ1) is 68.6. The van der Waals surface area contributed by atoms with Crippen LogP contribution in [0.3, 0.4) is 0 Å². The zero-order valence-electron chi connectivity index (χ0n) is 91.0. The van der Waals surface area contributed by atoms with Gasteiger partial charge in [-0.1, -0.05) is 218 Å². The van der Waals surface area contributed by atoms with Gasteiger partial charge in [0.1, 0.15) is 72.9 Å². The smallest absolute Gasteiger partial charge is 0.216 e. The molecule has 0 bridgehead atoms. The molecule has 1 unspecified atom stereocenters. The summed E-state index contributed by atoms with van der Waals surface area (Å²) in [6.45, 7) is 45.5. The van der Waals surface area contributed by atoms with E-state index < -0.39 is 37.8 Å². The lowest BCUT2D eigenvalue weighted by molar-refractivity contribution is -0.667. The number of rotatable bonds is 12. The van der Waals surface area contributed by atoms with E-state index in [1.165, 1.54) is 13.1 Å². The number of aryl methyl sites for hydroxylation is 7. The van der Waals surface area contributed by atoms with E-state index in [1.807, 2.05) is 298 Å². The monoisotopic (exact) mass is 1710 g/mol. The highest BCUT2D eigenvalue weighted by atomic mass is 16.3. The van der Waals surface area contributed by atoms with E-state index in [1.54, 1.807) is 66.8 Å². The van der Waals surface area contributed by atoms with E-state index in [0.29, 0.717) is 101 Å². The average molecular weight is 1710 g/mol. The zero-order chi connectivity index (χ0) is 105. The van der Waals surface area contributed by atoms with Gasteiger partial charge >= 0.3 is 0 Å². The van der Waals surface area contributed by atoms with Crippen LogP contribution < -0.4 is 18.3 Å². The second-order valence-electron chi connectivity index (χ2n) is 34.2. The topological polar surface area (TPSA) is 85.5 Å². The summed E-state index contributed by atoms with van der Waals surface area (Å²) in [5.74, 6) is -2.25. The molecule has 0 aliphatic heterocycles. The molecule has 0 saturated heterocycles. The highest BCUT2D eigenvalue weighted by Crippen LogP contribution is 2.49. The molecule has 8 heterocycles. The lowest BCUT2D eigenvalue weighted by atomic mass is 9.88. The molecule has 20 aromatic rings. The number of furan rings is 4. The summed E-state index contributed by atoms with van der Waals surface area (Å²) in [6, 6.07) is 75.0. The maximum atomic E-state index is 8.85. The molecule has 1 atom stereocenters. The van der Waals surface area contributed by atoms with Crippen LogP contribution in [-0.2, 0) is 40.9 Å². The predicted octanol–water partition coefficient (Wildman–Crippen LogP) is 30.9. The molecule has 0 radical (unpaired) electrons. The van der Waals surface area contributed by atoms with Gasteiger partial charge in [-0.05, 0) is 180 Å². The molecule has 0 N–H and O–H groups in total. The summed E-state index contributed by atoms with van der Waals surface area (Å²) in [4.78, 5) is 14.8. The molecular formula is C118H104N8O4+4. The van der Waals surface area contributed by atoms with Gasteiger partial charge in [-0.25, -0.2) is 33.1 Å². The van der Waals surface area contributed by atoms with Crippen LogP contribution in [0.25, 0.3) is 197 Å². The molecule has 0 aliphatic rings. The Hall–Kier alpha value is -15.6. The molecule has 0 amide bonds. The SMILES string of the molecule is [2H]c1c([2H])c(-c2c(C)ccc3c2oc2c(-c4ccccc4)cc([N+]#[C-])cc23)[n+](C)c(C)c1C([2H])([2H])[2H].[2H]c1c[n+](C)c(-c2c(C)ccc3c2oc2c(-c4ccccc4)cc([N+]#[C-])cc23)cc1C([2H])(C)C([2H])([2H])[2H].[2H]c1c[n+](C)c(-c2c(C)ccc3c2oc2c(-c4ccccc4)cc([N+]#[C-])cc23)cc1C([2H])([2H])C(C)(C)C.[2H]c1c[n+](C)c(-c2c(C)ccc3c2oc2c(-c4ccccc4)cc([N+]#[C-])cc23)cc1C([2H])([2H])C(C)C. The van der Waals surface area contributed by atoms with Gasteiger partial charge in [0, 0.05) is 135 Å². The molecule has 12 heteroatoms. The first-order valence-corrected chi connectivity index (χ1v) is 42.8. The Morgan fingerprint density at radius 2 is 0.677 bits per heavy atom. The zero-order valence-corrected chi connectivity index (χ0v) is 75.0. The van der Waals surface area contributed by atoms with Crippen molar-refractivity contribution < 1.29 is 57.9 Å². The van der Waals surface area contributed by atoms with Gasteiger partial charge < -0.3 is 17.7 Å². The van der Waals surface area contributed by atoms with E-state index in [-0.39, 0.29) is 47.3 Å². The lowest BCUT2D eigenvalue weighted by Crippen LogP contribution is -2.35. The number of hydrogen-bond acceptors (Lipinski definition) is 4. The maximum Gasteiger partial charge on any atom is 0.216 e. The Morgan fingerprint density at radius 3 is 0.992 bits per heavy atom. The Bertz CT molecular complexity index is 8630. The average Bonchev–Trinajstić information content (AvgIpc) is 1.59. The largest absolute Gasteiger partial charge is 0.455 e. The van der Waals surface area contributed by atoms with Crippen molar-refractivity contribution in [2.24, 2.45) is 39.5 Å². The molecule has 12 aromatic carbocycles. The fourth-order valence-electron chi connectivity index (χ4n) is 17.2. The van der Waals surface area contributed by atoms with Crippen molar-refractivity contribution in [3.63, 3.8) is 0 Å². The van der Waals surface area contributed by atoms with Crippen LogP contribution >= 0.6 is 0 Å². The summed E-state index contributed by atoms with van der Waals surface area (Å²) < 4.78 is 167. The van der Waals surface area contributed by atoms with Crippen molar-refractivity contribution >= 4 is 111 Å². The Kier molecular flexibility index (Phi) is 18.8. The van der Waals surface area contributed by atoms with Crippen molar-refractivity contribution in [1.82, 2.24) is 0 Å². The van der Waals surface area contributed by atoms with Gasteiger partial charge in [-0.15, -0.1) is 0 Å². The fourth-order valence-corrected chi connectivity index (χ4v) is 17.2. The molecule has 0 spiro atoms. The second kappa shape index (κ2) is 35.7. The van der Waals surface area contributed by atoms with Crippen molar-refractivity contribution in [2.45, 2.75) is 109 Å². The summed E-state index contributed by atoms with van der Waals surface area (Å²) in [7, 11) is 7.25. The van der Waals surface area contributed by atoms with Crippen molar-refractivity contribution in [3.05, 3.63) is 381 Å². The van der Waals surface area contributed by atoms with Crippen LogP contribution in [0.1, 0.15) is 126 Å². The van der Waals surface area contributed by atoms with Gasteiger partial charge in [0.2, 0.25) is 22.8 Å². The minimum atomic E-state index is -2.61. The summed E-state index contributed by atoms with van der Waals surface area (Å²) in [5, 5.41) is 6.76. The van der Waals surface area contributed by atoms with E-state index in [2.05, 4.69) is 19.4 Å². The number of nitrogens with zero attached hydrogens (tertiary/aromatic N) is 8. The van der Waals surface area contributed by atoms with Crippen LogP contribution in [0, 0.1) is 79.1 Å². The van der Waals surface area contributed by atoms with E-state index in [0.717, 1.165) is 138 Å². The third-order valence-electron chi connectivity index (χ3n) is 23.7. The number of benzene rings is 12. The normalized spacial score (nSPS) is 14.1. The van der Waals surface area contributed by atoms with Crippen molar-refractivity contribution in [2.75, 3.05) is 0 Å². The van der Waals surface area contributed by atoms with Crippen LogP contribution in [0.2, 0.25) is 0 Å². The molecule has 20 rings (SSSR count). The Morgan fingerprint density at radius 1 is 0.362 bits per heavy atom. The van der Waals surface area contributed by atoms with Crippen LogP contribution in [0.4, 0.5) is 22.7 Å². The minimum Gasteiger partial charge on any atom is -0.455 e. The van der Waals surface area contributed by atoms with Crippen molar-refractivity contribution in [1.29, 1.82) is 0 Å². The molecular weight excluding hydrogens is 1590 g/mol. The van der Waals surface area contributed by atoms with Gasteiger partial charge in [-0.3, -0.25) is 0 Å². The molecule has 130 heavy (non-hydrogen) atoms. The van der Waals surface area contributed by atoms with Gasteiger partial charge in [0.15, 0.2) is 47.0 Å². The van der Waals surface area contributed by atoms with Crippen molar-refractivity contribution in [3.8, 4) is 89.5 Å². The molecule has 636 valence electrons. The molecule has 8 aromatic heterocycles. The first-order valence-electron chi connectivity index (χ1n) is 50.8. The number of hydrogen-bond donors (Lipinski definition) is 0. The minimum absolute atomic E-state index is 0.0117. The van der Waals surface area contributed by atoms with Crippen LogP contribution in [0.15, 0.2) is 303 Å². The first-order chi connectivity index (χ1) is 69.0. The van der Waals surface area contributed by atoms with Gasteiger partial charge in [0.25, 0.3) is 0 Å². The van der Waals surface area contributed by atoms with Crippen LogP contribution in [-0.4, -0.2) is 0 Å². The third-order valence-corrected chi connectivity index (χ3v) is 23.7. The Labute approximate surface area is 783 Å². The highest BCUT2D eigenvalue weighted by molar-refractivity contribution is 6.18. The van der Waals surface area contributed by atoms with Gasteiger partial charge in [0.05, 0.1) is 55.4 Å². The van der Waals surface area contributed by atoms with E-state index in [9.17, 15) is 0 Å². The lowest BCUT2D eigenvalue weighted by Gasteiger charge is -2.18. The second-order valence-corrected chi connectivity index (χ2v) is 34.2. The predicted molar refractivity (Wildman–Crippen MR) is 532 cm³/mol. The number of aromatic nitrogens is 4. The molecule has 12 nitrogen and oxygen atoms in total. The Balaban J connectivity index is 0.000000133. The molecule has 0 aliphatic carbocycles. The summed E-state index contributed by atoms with van der Waals surface area (Å²) >= 11 is 0. The third kappa shape index (κ3) is 16.7. The van der Waals surface area contributed by atoms with Crippen LogP contribution in [0.5, 0.6) is 0 Å². The van der Waals surface area contributed by atoms with E-state index >= 15 is 0 Å². The molecule has 0 saturated carbocycles.